The van der Waals surface area contributed by atoms with Gasteiger partial charge in [0.25, 0.3) is 0 Å². The summed E-state index contributed by atoms with van der Waals surface area (Å²) in [5.41, 5.74) is 1.47. The van der Waals surface area contributed by atoms with Crippen LogP contribution in [0.2, 0.25) is 0 Å². The van der Waals surface area contributed by atoms with Gasteiger partial charge in [-0.05, 0) is 66.7 Å². The van der Waals surface area contributed by atoms with E-state index in [0.717, 1.165) is 12.8 Å². The molecule has 2 aromatic carbocycles. The van der Waals surface area contributed by atoms with Gasteiger partial charge in [0.2, 0.25) is 20.0 Å². The lowest BCUT2D eigenvalue weighted by Gasteiger charge is -2.34. The molecule has 0 unspecified atom stereocenters. The number of hydrogen-bond acceptors (Lipinski definition) is 10. The molecule has 5 rings (SSSR count). The fourth-order valence-corrected chi connectivity index (χ4v) is 10.8. The second-order valence-electron chi connectivity index (χ2n) is 14.4. The van der Waals surface area contributed by atoms with Crippen molar-refractivity contribution < 1.29 is 36.8 Å². The van der Waals surface area contributed by atoms with E-state index < -0.39 is 32.1 Å². The molecule has 50 heavy (non-hydrogen) atoms. The SMILES string of the molecule is CC(C)[C@H](NCON=C1c2cc(S(=O)(=O)N3C[C@H](C)C[C@H](C)C3)ccc2C(=NO)c2ccc(S(=O)(=O)N3C[C@H](C)C[C@H](C)C3)cc21)C(=O)O.Cl. The van der Waals surface area contributed by atoms with Gasteiger partial charge in [-0.25, -0.2) is 16.8 Å². The van der Waals surface area contributed by atoms with Crippen molar-refractivity contribution in [3.8, 4) is 0 Å². The van der Waals surface area contributed by atoms with Gasteiger partial charge in [0.15, 0.2) is 6.73 Å². The van der Waals surface area contributed by atoms with Gasteiger partial charge >= 0.3 is 5.97 Å². The molecule has 3 aliphatic rings. The van der Waals surface area contributed by atoms with Crippen LogP contribution in [-0.2, 0) is 29.7 Å². The highest BCUT2D eigenvalue weighted by molar-refractivity contribution is 7.89. The molecule has 2 aromatic rings. The van der Waals surface area contributed by atoms with Crippen molar-refractivity contribution in [2.45, 2.75) is 70.2 Å². The van der Waals surface area contributed by atoms with Gasteiger partial charge in [0.1, 0.15) is 17.5 Å². The molecule has 0 spiro atoms. The molecule has 0 saturated carbocycles. The van der Waals surface area contributed by atoms with Crippen LogP contribution in [0.1, 0.15) is 76.6 Å². The van der Waals surface area contributed by atoms with Gasteiger partial charge in [-0.3, -0.25) is 10.1 Å². The molecule has 5 atom stereocenters. The van der Waals surface area contributed by atoms with E-state index in [4.69, 9.17) is 4.84 Å². The lowest BCUT2D eigenvalue weighted by molar-refractivity contribution is -0.141. The molecule has 2 heterocycles. The molecule has 2 fully saturated rings. The number of carboxylic acid groups (broad SMARTS) is 1. The maximum Gasteiger partial charge on any atom is 0.321 e. The molecule has 13 nitrogen and oxygen atoms in total. The van der Waals surface area contributed by atoms with Crippen LogP contribution in [0.3, 0.4) is 0 Å². The number of nitrogens with one attached hydrogen (secondary N) is 1. The largest absolute Gasteiger partial charge is 0.480 e. The predicted octanol–water partition coefficient (Wildman–Crippen LogP) is 4.41. The van der Waals surface area contributed by atoms with Gasteiger partial charge in [-0.1, -0.05) is 64.0 Å². The topological polar surface area (TPSA) is 178 Å². The summed E-state index contributed by atoms with van der Waals surface area (Å²) in [6, 6.07) is 7.99. The molecule has 1 aliphatic carbocycles. The van der Waals surface area contributed by atoms with E-state index in [1.807, 2.05) is 27.7 Å². The van der Waals surface area contributed by atoms with Gasteiger partial charge in [0, 0.05) is 48.4 Å². The van der Waals surface area contributed by atoms with Crippen LogP contribution < -0.4 is 5.32 Å². The van der Waals surface area contributed by atoms with Crippen molar-refractivity contribution in [1.82, 2.24) is 13.9 Å². The van der Waals surface area contributed by atoms with Gasteiger partial charge in [-0.2, -0.15) is 8.61 Å². The average molecular weight is 754 g/mol. The van der Waals surface area contributed by atoms with Crippen LogP contribution >= 0.6 is 12.4 Å². The Kier molecular flexibility index (Phi) is 12.4. The van der Waals surface area contributed by atoms with Crippen LogP contribution in [0.25, 0.3) is 0 Å². The number of halogens is 1. The number of carbonyl (C=O) groups is 1. The lowest BCUT2D eigenvalue weighted by Crippen LogP contribution is -2.42. The second-order valence-corrected chi connectivity index (χ2v) is 18.3. The number of hydrogen-bond donors (Lipinski definition) is 3. The highest BCUT2D eigenvalue weighted by atomic mass is 35.5. The van der Waals surface area contributed by atoms with Gasteiger partial charge in [0.05, 0.1) is 9.79 Å². The van der Waals surface area contributed by atoms with Crippen molar-refractivity contribution >= 4 is 49.8 Å². The number of fused-ring (bicyclic) bond motifs is 2. The van der Waals surface area contributed by atoms with Crippen molar-refractivity contribution in [3.63, 3.8) is 0 Å². The Labute approximate surface area is 301 Å². The highest BCUT2D eigenvalue weighted by Gasteiger charge is 2.37. The normalized spacial score (nSPS) is 23.7. The van der Waals surface area contributed by atoms with Crippen molar-refractivity contribution in [2.24, 2.45) is 39.9 Å². The van der Waals surface area contributed by atoms with E-state index >= 15 is 0 Å². The third kappa shape index (κ3) is 8.02. The number of aliphatic carboxylic acids is 1. The monoisotopic (exact) mass is 753 g/mol. The molecule has 0 bridgehead atoms. The van der Waals surface area contributed by atoms with E-state index in [1.165, 1.54) is 32.9 Å². The summed E-state index contributed by atoms with van der Waals surface area (Å²) in [6.07, 6.45) is 1.84. The molecule has 16 heteroatoms. The summed E-state index contributed by atoms with van der Waals surface area (Å²) >= 11 is 0. The molecular formula is C34H48ClN5O8S2. The van der Waals surface area contributed by atoms with Gasteiger partial charge in [-0.15, -0.1) is 12.4 Å². The third-order valence-electron chi connectivity index (χ3n) is 9.51. The number of oxime groups is 2. The van der Waals surface area contributed by atoms with E-state index in [2.05, 4.69) is 15.6 Å². The first kappa shape index (κ1) is 39.7. The summed E-state index contributed by atoms with van der Waals surface area (Å²) in [7, 11) is -7.89. The first-order chi connectivity index (χ1) is 23.0. The maximum atomic E-state index is 14.0. The van der Waals surface area contributed by atoms with Crippen molar-refractivity contribution in [3.05, 3.63) is 58.7 Å². The summed E-state index contributed by atoms with van der Waals surface area (Å²) in [6.45, 7) is 12.8. The minimum Gasteiger partial charge on any atom is -0.480 e. The van der Waals surface area contributed by atoms with Crippen molar-refractivity contribution in [2.75, 3.05) is 32.9 Å². The van der Waals surface area contributed by atoms with E-state index in [0.29, 0.717) is 37.3 Å². The summed E-state index contributed by atoms with van der Waals surface area (Å²) in [4.78, 5) is 17.4. The Morgan fingerprint density at radius 1 is 0.800 bits per heavy atom. The molecular weight excluding hydrogens is 706 g/mol. The van der Waals surface area contributed by atoms with E-state index in [1.54, 1.807) is 26.0 Å². The Balaban J connectivity index is 0.00000562. The molecule has 2 aliphatic heterocycles. The van der Waals surface area contributed by atoms with E-state index in [-0.39, 0.29) is 81.1 Å². The molecule has 0 amide bonds. The maximum absolute atomic E-state index is 14.0. The summed E-state index contributed by atoms with van der Waals surface area (Å²) in [5.74, 6) is -0.589. The van der Waals surface area contributed by atoms with Crippen LogP contribution in [0.4, 0.5) is 0 Å². The average Bonchev–Trinajstić information content (AvgIpc) is 3.02. The minimum atomic E-state index is -3.94. The van der Waals surface area contributed by atoms with Crippen LogP contribution in [0.5, 0.6) is 0 Å². The number of nitrogens with zero attached hydrogens (tertiary/aromatic N) is 4. The fraction of sp³-hybridized carbons (Fsp3) is 0.559. The summed E-state index contributed by atoms with van der Waals surface area (Å²) < 4.78 is 58.8. The Bertz CT molecular complexity index is 1740. The predicted molar refractivity (Wildman–Crippen MR) is 192 cm³/mol. The van der Waals surface area contributed by atoms with Crippen molar-refractivity contribution in [1.29, 1.82) is 0 Å². The quantitative estimate of drug-likeness (QED) is 0.117. The number of rotatable bonds is 10. The van der Waals surface area contributed by atoms with Gasteiger partial charge < -0.3 is 15.2 Å². The van der Waals surface area contributed by atoms with Crippen LogP contribution in [0, 0.1) is 29.6 Å². The Morgan fingerprint density at radius 3 is 1.58 bits per heavy atom. The first-order valence-electron chi connectivity index (χ1n) is 16.7. The molecule has 276 valence electrons. The zero-order valence-electron chi connectivity index (χ0n) is 29.2. The molecule has 3 N–H and O–H groups in total. The number of carboxylic acids is 1. The number of benzene rings is 2. The highest BCUT2D eigenvalue weighted by Crippen LogP contribution is 2.35. The smallest absolute Gasteiger partial charge is 0.321 e. The first-order valence-corrected chi connectivity index (χ1v) is 19.6. The third-order valence-corrected chi connectivity index (χ3v) is 13.2. The summed E-state index contributed by atoms with van der Waals surface area (Å²) in [5, 5.41) is 30.5. The fourth-order valence-electron chi connectivity index (χ4n) is 7.40. The molecule has 0 radical (unpaired) electrons. The zero-order chi connectivity index (χ0) is 35.8. The Hall–Kier alpha value is -3.08. The number of piperidine rings is 2. The standard InChI is InChI=1S/C34H47N5O8S2.ClH/c1-20(2)31(34(40)41)35-19-47-37-33-29-13-25(48(43,44)38-15-21(3)11-22(4)16-38)7-9-27(29)32(36-42)28-10-8-26(14-30(28)33)49(45,46)39-17-23(5)12-24(6)18-39;/h7-10,13-14,20-24,31,35,42H,11-12,15-19H2,1-6H3,(H,40,41);1H/t21-,22+,23-,24+,31-;/m0./s1. The zero-order valence-corrected chi connectivity index (χ0v) is 31.7. The Morgan fingerprint density at radius 2 is 1.22 bits per heavy atom. The molecule has 2 saturated heterocycles. The molecule has 0 aromatic heterocycles. The van der Waals surface area contributed by atoms with E-state index in [9.17, 15) is 31.9 Å². The lowest BCUT2D eigenvalue weighted by atomic mass is 9.83. The number of sulfonamides is 2. The van der Waals surface area contributed by atoms with Crippen LogP contribution in [0.15, 0.2) is 56.5 Å². The minimum absolute atomic E-state index is 0. The van der Waals surface area contributed by atoms with Crippen LogP contribution in [-0.4, -0.2) is 92.1 Å². The second kappa shape index (κ2) is 15.7.